The van der Waals surface area contributed by atoms with Crippen molar-refractivity contribution >= 4 is 12.1 Å². The lowest BCUT2D eigenvalue weighted by Crippen LogP contribution is -2.47. The molecule has 0 spiro atoms. The first kappa shape index (κ1) is 20.6. The molecular weight excluding hydrogens is 356 g/mol. The van der Waals surface area contributed by atoms with E-state index >= 15 is 0 Å². The standard InChI is InChI=1S/C22H32N2O4/c1-3-28-21(26)24-15-7-14-23(16-17-24)19-10-12-22(13-11-19,20(25)27-2)18-8-5-4-6-9-18/h4-6,8-9,19H,3,7,10-17H2,1-2H3. The Morgan fingerprint density at radius 1 is 1.07 bits per heavy atom. The molecule has 1 aromatic rings. The van der Waals surface area contributed by atoms with Gasteiger partial charge in [0.15, 0.2) is 0 Å². The molecule has 154 valence electrons. The van der Waals surface area contributed by atoms with E-state index in [1.54, 1.807) is 0 Å². The van der Waals surface area contributed by atoms with E-state index in [9.17, 15) is 9.59 Å². The second-order valence-corrected chi connectivity index (χ2v) is 7.75. The van der Waals surface area contributed by atoms with Crippen LogP contribution in [0, 0.1) is 0 Å². The smallest absolute Gasteiger partial charge is 0.409 e. The Bertz CT molecular complexity index is 656. The van der Waals surface area contributed by atoms with Gasteiger partial charge in [-0.05, 0) is 44.6 Å². The molecule has 6 nitrogen and oxygen atoms in total. The number of esters is 1. The van der Waals surface area contributed by atoms with Crippen LogP contribution in [0.25, 0.3) is 0 Å². The van der Waals surface area contributed by atoms with E-state index in [0.717, 1.165) is 57.3 Å². The van der Waals surface area contributed by atoms with Gasteiger partial charge in [-0.25, -0.2) is 4.79 Å². The fourth-order valence-electron chi connectivity index (χ4n) is 4.72. The summed E-state index contributed by atoms with van der Waals surface area (Å²) in [5, 5.41) is 0. The van der Waals surface area contributed by atoms with E-state index in [4.69, 9.17) is 9.47 Å². The molecule has 1 aliphatic heterocycles. The number of amides is 1. The molecule has 0 bridgehead atoms. The van der Waals surface area contributed by atoms with Crippen LogP contribution in [-0.2, 0) is 19.7 Å². The predicted octanol–water partition coefficient (Wildman–Crippen LogP) is 3.20. The average molecular weight is 389 g/mol. The molecule has 6 heteroatoms. The van der Waals surface area contributed by atoms with Crippen LogP contribution in [0.5, 0.6) is 0 Å². The lowest BCUT2D eigenvalue weighted by molar-refractivity contribution is -0.149. The van der Waals surface area contributed by atoms with E-state index in [1.807, 2.05) is 42.2 Å². The van der Waals surface area contributed by atoms with Crippen molar-refractivity contribution in [3.8, 4) is 0 Å². The normalized spacial score (nSPS) is 26.4. The number of carbonyl (C=O) groups is 2. The minimum Gasteiger partial charge on any atom is -0.468 e. The Hall–Kier alpha value is -2.08. The Kier molecular flexibility index (Phi) is 6.94. The third kappa shape index (κ3) is 4.32. The van der Waals surface area contributed by atoms with Crippen molar-refractivity contribution < 1.29 is 19.1 Å². The summed E-state index contributed by atoms with van der Waals surface area (Å²) < 4.78 is 10.4. The summed E-state index contributed by atoms with van der Waals surface area (Å²) in [6.07, 6.45) is 4.27. The molecule has 28 heavy (non-hydrogen) atoms. The molecule has 1 aromatic carbocycles. The van der Waals surface area contributed by atoms with Crippen LogP contribution in [0.15, 0.2) is 30.3 Å². The first-order chi connectivity index (χ1) is 13.6. The number of hydrogen-bond acceptors (Lipinski definition) is 5. The highest BCUT2D eigenvalue weighted by Gasteiger charge is 2.45. The van der Waals surface area contributed by atoms with Crippen molar-refractivity contribution in [1.82, 2.24) is 9.80 Å². The highest BCUT2D eigenvalue weighted by atomic mass is 16.6. The van der Waals surface area contributed by atoms with Crippen molar-refractivity contribution in [3.63, 3.8) is 0 Å². The highest BCUT2D eigenvalue weighted by Crippen LogP contribution is 2.42. The van der Waals surface area contributed by atoms with E-state index in [-0.39, 0.29) is 12.1 Å². The van der Waals surface area contributed by atoms with Crippen molar-refractivity contribution in [1.29, 1.82) is 0 Å². The maximum absolute atomic E-state index is 12.7. The quantitative estimate of drug-likeness (QED) is 0.742. The van der Waals surface area contributed by atoms with Gasteiger partial charge < -0.3 is 14.4 Å². The third-order valence-corrected chi connectivity index (χ3v) is 6.28. The molecule has 0 radical (unpaired) electrons. The highest BCUT2D eigenvalue weighted by molar-refractivity contribution is 5.83. The zero-order valence-electron chi connectivity index (χ0n) is 17.1. The number of carbonyl (C=O) groups excluding carboxylic acids is 2. The van der Waals surface area contributed by atoms with E-state index in [1.165, 1.54) is 7.11 Å². The van der Waals surface area contributed by atoms with Gasteiger partial charge in [-0.2, -0.15) is 0 Å². The number of nitrogens with zero attached hydrogens (tertiary/aromatic N) is 2. The largest absolute Gasteiger partial charge is 0.468 e. The van der Waals surface area contributed by atoms with Gasteiger partial charge in [0.05, 0.1) is 19.1 Å². The fraction of sp³-hybridized carbons (Fsp3) is 0.636. The van der Waals surface area contributed by atoms with Gasteiger partial charge in [0.25, 0.3) is 0 Å². The summed E-state index contributed by atoms with van der Waals surface area (Å²) in [5.41, 5.74) is 0.527. The summed E-state index contributed by atoms with van der Waals surface area (Å²) in [5.74, 6) is -0.124. The minimum absolute atomic E-state index is 0.124. The number of rotatable bonds is 4. The van der Waals surface area contributed by atoms with E-state index in [0.29, 0.717) is 19.2 Å². The first-order valence-electron chi connectivity index (χ1n) is 10.4. The molecule has 0 unspecified atom stereocenters. The second-order valence-electron chi connectivity index (χ2n) is 7.75. The van der Waals surface area contributed by atoms with Gasteiger partial charge in [0, 0.05) is 32.2 Å². The van der Waals surface area contributed by atoms with Crippen molar-refractivity contribution in [2.75, 3.05) is 39.9 Å². The van der Waals surface area contributed by atoms with Crippen LogP contribution in [0.3, 0.4) is 0 Å². The van der Waals surface area contributed by atoms with Crippen LogP contribution in [-0.4, -0.2) is 67.8 Å². The third-order valence-electron chi connectivity index (χ3n) is 6.28. The van der Waals surface area contributed by atoms with Crippen molar-refractivity contribution in [2.45, 2.75) is 50.5 Å². The van der Waals surface area contributed by atoms with Gasteiger partial charge in [0.1, 0.15) is 0 Å². The zero-order valence-corrected chi connectivity index (χ0v) is 17.1. The maximum Gasteiger partial charge on any atom is 0.409 e. The van der Waals surface area contributed by atoms with Crippen LogP contribution in [0.2, 0.25) is 0 Å². The maximum atomic E-state index is 12.7. The summed E-state index contributed by atoms with van der Waals surface area (Å²) >= 11 is 0. The monoisotopic (exact) mass is 388 g/mol. The molecule has 1 amide bonds. The number of methoxy groups -OCH3 is 1. The van der Waals surface area contributed by atoms with Crippen molar-refractivity contribution in [3.05, 3.63) is 35.9 Å². The van der Waals surface area contributed by atoms with Crippen LogP contribution in [0.1, 0.15) is 44.6 Å². The molecular formula is C22H32N2O4. The lowest BCUT2D eigenvalue weighted by atomic mass is 9.68. The van der Waals surface area contributed by atoms with E-state index < -0.39 is 5.41 Å². The Balaban J connectivity index is 1.64. The zero-order chi connectivity index (χ0) is 20.0. The summed E-state index contributed by atoms with van der Waals surface area (Å²) in [7, 11) is 1.48. The molecule has 3 rings (SSSR count). The van der Waals surface area contributed by atoms with Gasteiger partial charge in [-0.15, -0.1) is 0 Å². The van der Waals surface area contributed by atoms with Gasteiger partial charge in [-0.1, -0.05) is 30.3 Å². The molecule has 0 N–H and O–H groups in total. The summed E-state index contributed by atoms with van der Waals surface area (Å²) in [6, 6.07) is 10.5. The summed E-state index contributed by atoms with van der Waals surface area (Å²) in [6.45, 7) is 5.55. The van der Waals surface area contributed by atoms with Gasteiger partial charge in [-0.3, -0.25) is 9.69 Å². The number of benzene rings is 1. The number of hydrogen-bond donors (Lipinski definition) is 0. The summed E-state index contributed by atoms with van der Waals surface area (Å²) in [4.78, 5) is 29.0. The Morgan fingerprint density at radius 3 is 2.43 bits per heavy atom. The van der Waals surface area contributed by atoms with Crippen LogP contribution < -0.4 is 0 Å². The first-order valence-corrected chi connectivity index (χ1v) is 10.4. The molecule has 1 heterocycles. The topological polar surface area (TPSA) is 59.1 Å². The Morgan fingerprint density at radius 2 is 1.79 bits per heavy atom. The van der Waals surface area contributed by atoms with Gasteiger partial charge in [0.2, 0.25) is 0 Å². The predicted molar refractivity (Wildman–Crippen MR) is 107 cm³/mol. The van der Waals surface area contributed by atoms with Gasteiger partial charge >= 0.3 is 12.1 Å². The SMILES string of the molecule is CCOC(=O)N1CCCN(C2CCC(C(=O)OC)(c3ccccc3)CC2)CC1. The molecule has 0 atom stereocenters. The molecule has 2 fully saturated rings. The fourth-order valence-corrected chi connectivity index (χ4v) is 4.72. The van der Waals surface area contributed by atoms with Crippen LogP contribution in [0.4, 0.5) is 4.79 Å². The van der Waals surface area contributed by atoms with E-state index in [2.05, 4.69) is 4.90 Å². The number of ether oxygens (including phenoxy) is 2. The second kappa shape index (κ2) is 9.41. The molecule has 1 aliphatic carbocycles. The average Bonchev–Trinajstić information content (AvgIpc) is 3.00. The molecule has 1 saturated heterocycles. The minimum atomic E-state index is -0.532. The van der Waals surface area contributed by atoms with Crippen LogP contribution >= 0.6 is 0 Å². The molecule has 1 saturated carbocycles. The lowest BCUT2D eigenvalue weighted by Gasteiger charge is -2.42. The molecule has 0 aromatic heterocycles. The van der Waals surface area contributed by atoms with Crippen molar-refractivity contribution in [2.24, 2.45) is 0 Å². The molecule has 2 aliphatic rings. The Labute approximate surface area is 167 Å².